The van der Waals surface area contributed by atoms with Crippen molar-refractivity contribution in [2.24, 2.45) is 0 Å². The molecule has 1 aliphatic carbocycles. The van der Waals surface area contributed by atoms with Gasteiger partial charge >= 0.3 is 0 Å². The summed E-state index contributed by atoms with van der Waals surface area (Å²) in [6.07, 6.45) is 4.87. The van der Waals surface area contributed by atoms with Crippen LogP contribution in [0, 0.1) is 6.92 Å². The highest BCUT2D eigenvalue weighted by atomic mass is 79.9. The number of hydrogen-bond acceptors (Lipinski definition) is 0. The lowest BCUT2D eigenvalue weighted by molar-refractivity contribution is 1.44. The first kappa shape index (κ1) is 8.06. The van der Waals surface area contributed by atoms with Crippen LogP contribution >= 0.6 is 15.9 Å². The molecule has 0 nitrogen and oxygen atoms in total. The zero-order valence-electron chi connectivity index (χ0n) is 7.10. The molecule has 62 valence electrons. The van der Waals surface area contributed by atoms with E-state index in [2.05, 4.69) is 47.1 Å². The molecule has 0 amide bonds. The molecule has 0 N–H and O–H groups in total. The molecule has 2 rings (SSSR count). The van der Waals surface area contributed by atoms with E-state index in [-0.39, 0.29) is 0 Å². The van der Waals surface area contributed by atoms with Gasteiger partial charge in [0.2, 0.25) is 0 Å². The highest BCUT2D eigenvalue weighted by molar-refractivity contribution is 9.10. The number of rotatable bonds is 1. The molecule has 0 bridgehead atoms. The van der Waals surface area contributed by atoms with Crippen LogP contribution in [0.3, 0.4) is 0 Å². The van der Waals surface area contributed by atoms with Crippen molar-refractivity contribution >= 4 is 22.0 Å². The van der Waals surface area contributed by atoms with Crippen LogP contribution in [0.15, 0.2) is 28.2 Å². The Morgan fingerprint density at radius 2 is 2.08 bits per heavy atom. The fraction of sp³-hybridized carbons (Fsp3) is 0.273. The fourth-order valence-corrected chi connectivity index (χ4v) is 1.79. The molecule has 1 heteroatoms. The van der Waals surface area contributed by atoms with Crippen LogP contribution in [0.1, 0.15) is 24.0 Å². The van der Waals surface area contributed by atoms with Gasteiger partial charge in [-0.25, -0.2) is 0 Å². The SMILES string of the molecule is Cc1ccc(C=C2CC2)c(Br)c1. The molecule has 12 heavy (non-hydrogen) atoms. The van der Waals surface area contributed by atoms with Gasteiger partial charge in [-0.3, -0.25) is 0 Å². The van der Waals surface area contributed by atoms with Crippen molar-refractivity contribution in [3.05, 3.63) is 39.4 Å². The van der Waals surface area contributed by atoms with E-state index >= 15 is 0 Å². The third-order valence-electron chi connectivity index (χ3n) is 2.05. The first-order valence-electron chi connectivity index (χ1n) is 4.21. The molecule has 0 heterocycles. The molecule has 1 aromatic rings. The van der Waals surface area contributed by atoms with Crippen molar-refractivity contribution in [3.8, 4) is 0 Å². The van der Waals surface area contributed by atoms with Crippen molar-refractivity contribution in [1.82, 2.24) is 0 Å². The molecule has 1 aliphatic rings. The summed E-state index contributed by atoms with van der Waals surface area (Å²) in [5, 5.41) is 0. The highest BCUT2D eigenvalue weighted by Crippen LogP contribution is 2.32. The lowest BCUT2D eigenvalue weighted by Gasteiger charge is -1.98. The van der Waals surface area contributed by atoms with E-state index < -0.39 is 0 Å². The average Bonchev–Trinajstić information content (AvgIpc) is 2.79. The summed E-state index contributed by atoms with van der Waals surface area (Å²) in [5.74, 6) is 0. The molecule has 1 saturated carbocycles. The average molecular weight is 223 g/mol. The summed E-state index contributed by atoms with van der Waals surface area (Å²) in [6, 6.07) is 6.49. The predicted octanol–water partition coefficient (Wildman–Crippen LogP) is 3.93. The van der Waals surface area contributed by atoms with E-state index in [1.165, 1.54) is 28.4 Å². The minimum absolute atomic E-state index is 1.21. The molecule has 0 aromatic heterocycles. The van der Waals surface area contributed by atoms with Crippen molar-refractivity contribution < 1.29 is 0 Å². The van der Waals surface area contributed by atoms with E-state index in [1.54, 1.807) is 5.57 Å². The standard InChI is InChI=1S/C11H11Br/c1-8-2-5-10(11(12)6-8)7-9-3-4-9/h2,5-7H,3-4H2,1H3. The first-order chi connectivity index (χ1) is 5.75. The Morgan fingerprint density at radius 1 is 1.33 bits per heavy atom. The van der Waals surface area contributed by atoms with Crippen molar-refractivity contribution in [2.75, 3.05) is 0 Å². The second-order valence-corrected chi connectivity index (χ2v) is 4.18. The van der Waals surface area contributed by atoms with Gasteiger partial charge in [-0.15, -0.1) is 0 Å². The Kier molecular flexibility index (Phi) is 2.05. The van der Waals surface area contributed by atoms with E-state index in [4.69, 9.17) is 0 Å². The van der Waals surface area contributed by atoms with Gasteiger partial charge in [-0.2, -0.15) is 0 Å². The Hall–Kier alpha value is -0.560. The Morgan fingerprint density at radius 3 is 2.67 bits per heavy atom. The summed E-state index contributed by atoms with van der Waals surface area (Å²) in [7, 11) is 0. The van der Waals surface area contributed by atoms with Gasteiger partial charge in [-0.05, 0) is 37.0 Å². The molecule has 0 spiro atoms. The van der Waals surface area contributed by atoms with Crippen molar-refractivity contribution in [2.45, 2.75) is 19.8 Å². The minimum Gasteiger partial charge on any atom is -0.0689 e. The zero-order valence-corrected chi connectivity index (χ0v) is 8.69. The van der Waals surface area contributed by atoms with Crippen molar-refractivity contribution in [3.63, 3.8) is 0 Å². The molecular weight excluding hydrogens is 212 g/mol. The summed E-state index contributed by atoms with van der Waals surface area (Å²) < 4.78 is 1.21. The van der Waals surface area contributed by atoms with Gasteiger partial charge in [0.05, 0.1) is 0 Å². The molecule has 0 radical (unpaired) electrons. The lowest BCUT2D eigenvalue weighted by Crippen LogP contribution is -1.77. The van der Waals surface area contributed by atoms with Crippen LogP contribution in [-0.2, 0) is 0 Å². The Balaban J connectivity index is 2.37. The minimum atomic E-state index is 1.21. The smallest absolute Gasteiger partial charge is 0.0250 e. The monoisotopic (exact) mass is 222 g/mol. The maximum atomic E-state index is 3.56. The third kappa shape index (κ3) is 1.78. The first-order valence-corrected chi connectivity index (χ1v) is 5.00. The molecule has 0 aliphatic heterocycles. The molecular formula is C11H11Br. The van der Waals surface area contributed by atoms with E-state index in [9.17, 15) is 0 Å². The van der Waals surface area contributed by atoms with Gasteiger partial charge in [0.25, 0.3) is 0 Å². The third-order valence-corrected chi connectivity index (χ3v) is 2.74. The molecule has 1 aromatic carbocycles. The maximum absolute atomic E-state index is 3.56. The largest absolute Gasteiger partial charge is 0.0689 e. The van der Waals surface area contributed by atoms with Crippen LogP contribution in [0.5, 0.6) is 0 Å². The van der Waals surface area contributed by atoms with Gasteiger partial charge in [0.1, 0.15) is 0 Å². The second-order valence-electron chi connectivity index (χ2n) is 3.33. The summed E-state index contributed by atoms with van der Waals surface area (Å²) in [6.45, 7) is 2.11. The zero-order chi connectivity index (χ0) is 8.55. The normalized spacial score (nSPS) is 14.7. The van der Waals surface area contributed by atoms with Crippen LogP contribution in [-0.4, -0.2) is 0 Å². The topological polar surface area (TPSA) is 0 Å². The number of aryl methyl sites for hydroxylation is 1. The number of hydrogen-bond donors (Lipinski definition) is 0. The fourth-order valence-electron chi connectivity index (χ4n) is 1.19. The Labute approximate surface area is 81.4 Å². The van der Waals surface area contributed by atoms with Crippen LogP contribution in [0.25, 0.3) is 6.08 Å². The molecule has 1 fully saturated rings. The molecule has 0 saturated heterocycles. The second kappa shape index (κ2) is 3.06. The summed E-state index contributed by atoms with van der Waals surface area (Å²) >= 11 is 3.56. The Bertz CT molecular complexity index is 331. The maximum Gasteiger partial charge on any atom is 0.0250 e. The van der Waals surface area contributed by atoms with E-state index in [0.29, 0.717) is 0 Å². The molecule has 0 atom stereocenters. The van der Waals surface area contributed by atoms with Crippen LogP contribution < -0.4 is 0 Å². The van der Waals surface area contributed by atoms with E-state index in [0.717, 1.165) is 0 Å². The summed E-state index contributed by atoms with van der Waals surface area (Å²) in [5.41, 5.74) is 4.19. The van der Waals surface area contributed by atoms with Crippen molar-refractivity contribution in [1.29, 1.82) is 0 Å². The highest BCUT2D eigenvalue weighted by Gasteiger charge is 2.10. The van der Waals surface area contributed by atoms with Gasteiger partial charge in [0, 0.05) is 4.47 Å². The number of benzene rings is 1. The van der Waals surface area contributed by atoms with Gasteiger partial charge < -0.3 is 0 Å². The molecule has 0 unspecified atom stereocenters. The van der Waals surface area contributed by atoms with Gasteiger partial charge in [-0.1, -0.05) is 39.7 Å². The van der Waals surface area contributed by atoms with Gasteiger partial charge in [0.15, 0.2) is 0 Å². The number of halogens is 1. The van der Waals surface area contributed by atoms with Crippen LogP contribution in [0.4, 0.5) is 0 Å². The lowest BCUT2D eigenvalue weighted by atomic mass is 10.1. The quantitative estimate of drug-likeness (QED) is 0.676. The predicted molar refractivity (Wildman–Crippen MR) is 56.1 cm³/mol. The number of allylic oxidation sites excluding steroid dienone is 1. The summed E-state index contributed by atoms with van der Waals surface area (Å²) in [4.78, 5) is 0. The van der Waals surface area contributed by atoms with Crippen LogP contribution in [0.2, 0.25) is 0 Å². The van der Waals surface area contributed by atoms with E-state index in [1.807, 2.05) is 0 Å².